The highest BCUT2D eigenvalue weighted by Gasteiger charge is 2.25. The lowest BCUT2D eigenvalue weighted by molar-refractivity contribution is 0.0514. The summed E-state index contributed by atoms with van der Waals surface area (Å²) < 4.78 is 7.34. The van der Waals surface area contributed by atoms with Gasteiger partial charge >= 0.3 is 5.97 Å². The number of rotatable bonds is 3. The Morgan fingerprint density at radius 1 is 1.22 bits per heavy atom. The quantitative estimate of drug-likeness (QED) is 0.777. The minimum atomic E-state index is -0.295. The average Bonchev–Trinajstić information content (AvgIpc) is 2.86. The van der Waals surface area contributed by atoms with Crippen molar-refractivity contribution in [3.8, 4) is 11.3 Å². The van der Waals surface area contributed by atoms with Gasteiger partial charge in [-0.25, -0.2) is 9.78 Å². The minimum Gasteiger partial charge on any atom is -0.461 e. The first-order valence-corrected chi connectivity index (χ1v) is 8.61. The molecule has 1 aromatic heterocycles. The predicted octanol–water partition coefficient (Wildman–Crippen LogP) is 4.50. The van der Waals surface area contributed by atoms with Gasteiger partial charge in [0.1, 0.15) is 11.5 Å². The van der Waals surface area contributed by atoms with Crippen molar-refractivity contribution >= 4 is 17.6 Å². The van der Waals surface area contributed by atoms with Crippen molar-refractivity contribution < 1.29 is 9.53 Å². The van der Waals surface area contributed by atoms with E-state index < -0.39 is 0 Å². The standard InChI is InChI=1S/C18H21ClN2O2/c1-2-23-18(22)17-16(13-8-10-14(19)11-9-13)20-15-7-5-3-4-6-12-21(15)17/h8-11H,2-7,12H2,1H3. The Balaban J connectivity index is 2.11. The van der Waals surface area contributed by atoms with Gasteiger partial charge in [0.05, 0.1) is 6.61 Å². The maximum atomic E-state index is 12.5. The number of esters is 1. The van der Waals surface area contributed by atoms with Crippen LogP contribution in [0.15, 0.2) is 24.3 Å². The molecule has 0 atom stereocenters. The minimum absolute atomic E-state index is 0.295. The molecule has 0 fully saturated rings. The fraction of sp³-hybridized carbons (Fsp3) is 0.444. The predicted molar refractivity (Wildman–Crippen MR) is 90.8 cm³/mol. The van der Waals surface area contributed by atoms with Crippen molar-refractivity contribution in [3.05, 3.63) is 40.8 Å². The largest absolute Gasteiger partial charge is 0.461 e. The van der Waals surface area contributed by atoms with Gasteiger partial charge in [0.2, 0.25) is 0 Å². The molecule has 0 aliphatic carbocycles. The van der Waals surface area contributed by atoms with Gasteiger partial charge in [0.25, 0.3) is 0 Å². The van der Waals surface area contributed by atoms with Crippen LogP contribution in [0, 0.1) is 0 Å². The first kappa shape index (κ1) is 16.1. The van der Waals surface area contributed by atoms with Crippen LogP contribution in [0.3, 0.4) is 0 Å². The molecular weight excluding hydrogens is 312 g/mol. The molecule has 2 aromatic rings. The van der Waals surface area contributed by atoms with E-state index in [9.17, 15) is 4.79 Å². The van der Waals surface area contributed by atoms with Crippen LogP contribution in [0.4, 0.5) is 0 Å². The Labute approximate surface area is 141 Å². The molecule has 0 N–H and O–H groups in total. The Hall–Kier alpha value is -1.81. The number of hydrogen-bond donors (Lipinski definition) is 0. The number of aromatic nitrogens is 2. The first-order valence-electron chi connectivity index (χ1n) is 8.23. The summed E-state index contributed by atoms with van der Waals surface area (Å²) in [6, 6.07) is 7.45. The fourth-order valence-electron chi connectivity index (χ4n) is 3.05. The van der Waals surface area contributed by atoms with Gasteiger partial charge < -0.3 is 9.30 Å². The molecule has 1 aliphatic rings. The zero-order chi connectivity index (χ0) is 16.2. The van der Waals surface area contributed by atoms with E-state index in [1.165, 1.54) is 12.8 Å². The highest BCUT2D eigenvalue weighted by Crippen LogP contribution is 2.28. The van der Waals surface area contributed by atoms with Crippen LogP contribution in [0.5, 0.6) is 0 Å². The molecule has 3 rings (SSSR count). The van der Waals surface area contributed by atoms with E-state index in [1.54, 1.807) is 0 Å². The zero-order valence-electron chi connectivity index (χ0n) is 13.3. The lowest BCUT2D eigenvalue weighted by Gasteiger charge is -2.14. The van der Waals surface area contributed by atoms with Crippen molar-refractivity contribution in [2.45, 2.75) is 45.6 Å². The summed E-state index contributed by atoms with van der Waals surface area (Å²) in [5.41, 5.74) is 2.18. The van der Waals surface area contributed by atoms with E-state index in [4.69, 9.17) is 21.3 Å². The second kappa shape index (κ2) is 7.18. The van der Waals surface area contributed by atoms with Crippen LogP contribution in [-0.4, -0.2) is 22.1 Å². The van der Waals surface area contributed by atoms with Crippen molar-refractivity contribution in [1.82, 2.24) is 9.55 Å². The average molecular weight is 333 g/mol. The fourth-order valence-corrected chi connectivity index (χ4v) is 3.18. The summed E-state index contributed by atoms with van der Waals surface area (Å²) in [4.78, 5) is 17.3. The van der Waals surface area contributed by atoms with Crippen LogP contribution in [0.2, 0.25) is 5.02 Å². The van der Waals surface area contributed by atoms with Gasteiger partial charge in [-0.1, -0.05) is 36.6 Å². The molecule has 122 valence electrons. The molecule has 1 aromatic carbocycles. The molecule has 0 spiro atoms. The Kier molecular flexibility index (Phi) is 5.01. The number of fused-ring (bicyclic) bond motifs is 1. The van der Waals surface area contributed by atoms with Crippen molar-refractivity contribution in [1.29, 1.82) is 0 Å². The Bertz CT molecular complexity index is 692. The molecule has 2 heterocycles. The smallest absolute Gasteiger partial charge is 0.357 e. The van der Waals surface area contributed by atoms with E-state index in [-0.39, 0.29) is 5.97 Å². The summed E-state index contributed by atoms with van der Waals surface area (Å²) in [5, 5.41) is 0.670. The highest BCUT2D eigenvalue weighted by molar-refractivity contribution is 6.30. The van der Waals surface area contributed by atoms with Crippen molar-refractivity contribution in [3.63, 3.8) is 0 Å². The van der Waals surface area contributed by atoms with Gasteiger partial charge in [-0.05, 0) is 31.9 Å². The molecule has 4 nitrogen and oxygen atoms in total. The number of aryl methyl sites for hydroxylation is 1. The highest BCUT2D eigenvalue weighted by atomic mass is 35.5. The van der Waals surface area contributed by atoms with E-state index >= 15 is 0 Å². The van der Waals surface area contributed by atoms with Crippen LogP contribution in [-0.2, 0) is 17.7 Å². The summed E-state index contributed by atoms with van der Waals surface area (Å²) in [7, 11) is 0. The van der Waals surface area contributed by atoms with E-state index in [2.05, 4.69) is 4.57 Å². The number of halogens is 1. The lowest BCUT2D eigenvalue weighted by Crippen LogP contribution is -2.16. The van der Waals surface area contributed by atoms with Crippen LogP contribution < -0.4 is 0 Å². The first-order chi connectivity index (χ1) is 11.2. The number of benzene rings is 1. The molecule has 0 saturated carbocycles. The number of imidazole rings is 1. The SMILES string of the molecule is CCOC(=O)c1c(-c2ccc(Cl)cc2)nc2n1CCCCCC2. The van der Waals surface area contributed by atoms with Crippen molar-refractivity contribution in [2.24, 2.45) is 0 Å². The Morgan fingerprint density at radius 2 is 1.96 bits per heavy atom. The van der Waals surface area contributed by atoms with Gasteiger partial charge in [-0.2, -0.15) is 0 Å². The van der Waals surface area contributed by atoms with Crippen LogP contribution >= 0.6 is 11.6 Å². The molecule has 0 amide bonds. The summed E-state index contributed by atoms with van der Waals surface area (Å²) in [5.74, 6) is 0.689. The topological polar surface area (TPSA) is 44.1 Å². The molecule has 5 heteroatoms. The third-order valence-electron chi connectivity index (χ3n) is 4.17. The second-order valence-corrected chi connectivity index (χ2v) is 6.20. The molecule has 0 unspecified atom stereocenters. The summed E-state index contributed by atoms with van der Waals surface area (Å²) >= 11 is 5.98. The number of hydrogen-bond acceptors (Lipinski definition) is 3. The van der Waals surface area contributed by atoms with Crippen molar-refractivity contribution in [2.75, 3.05) is 6.61 Å². The third-order valence-corrected chi connectivity index (χ3v) is 4.42. The molecule has 1 aliphatic heterocycles. The maximum Gasteiger partial charge on any atom is 0.357 e. The normalized spacial score (nSPS) is 14.7. The van der Waals surface area contributed by atoms with E-state index in [0.717, 1.165) is 37.2 Å². The summed E-state index contributed by atoms with van der Waals surface area (Å²) in [6.45, 7) is 3.01. The molecular formula is C18H21ClN2O2. The zero-order valence-corrected chi connectivity index (χ0v) is 14.1. The van der Waals surface area contributed by atoms with Crippen LogP contribution in [0.25, 0.3) is 11.3 Å². The maximum absolute atomic E-state index is 12.5. The van der Waals surface area contributed by atoms with Gasteiger partial charge in [0.15, 0.2) is 5.69 Å². The van der Waals surface area contributed by atoms with Gasteiger partial charge in [0, 0.05) is 23.6 Å². The third kappa shape index (κ3) is 3.42. The van der Waals surface area contributed by atoms with Gasteiger partial charge in [-0.3, -0.25) is 0 Å². The number of carbonyl (C=O) groups is 1. The molecule has 0 bridgehead atoms. The molecule has 23 heavy (non-hydrogen) atoms. The van der Waals surface area contributed by atoms with E-state index in [1.807, 2.05) is 31.2 Å². The second-order valence-electron chi connectivity index (χ2n) is 5.77. The number of ether oxygens (including phenoxy) is 1. The van der Waals surface area contributed by atoms with E-state index in [0.29, 0.717) is 23.0 Å². The monoisotopic (exact) mass is 332 g/mol. The lowest BCUT2D eigenvalue weighted by atomic mass is 10.1. The number of carbonyl (C=O) groups excluding carboxylic acids is 1. The van der Waals surface area contributed by atoms with Gasteiger partial charge in [-0.15, -0.1) is 0 Å². The number of nitrogens with zero attached hydrogens (tertiary/aromatic N) is 2. The molecule has 0 saturated heterocycles. The molecule has 0 radical (unpaired) electrons. The van der Waals surface area contributed by atoms with Crippen LogP contribution in [0.1, 0.15) is 48.9 Å². The Morgan fingerprint density at radius 3 is 2.70 bits per heavy atom. The summed E-state index contributed by atoms with van der Waals surface area (Å²) in [6.07, 6.45) is 5.49.